The van der Waals surface area contributed by atoms with E-state index in [9.17, 15) is 22.8 Å². The van der Waals surface area contributed by atoms with Gasteiger partial charge in [0.25, 0.3) is 0 Å². The number of benzene rings is 2. The van der Waals surface area contributed by atoms with Crippen molar-refractivity contribution >= 4 is 38.5 Å². The van der Waals surface area contributed by atoms with Crippen molar-refractivity contribution in [3.8, 4) is 0 Å². The Morgan fingerprint density at radius 3 is 2.38 bits per heavy atom. The molecule has 2 N–H and O–H groups in total. The highest BCUT2D eigenvalue weighted by Gasteiger charge is 2.27. The minimum atomic E-state index is -3.71. The SMILES string of the molecule is O=C(CCNS(=O)(=O)c1ccc2ccccc2c1)NCCCN1C(=O)CCC1=O. The fourth-order valence-electron chi connectivity index (χ4n) is 3.14. The summed E-state index contributed by atoms with van der Waals surface area (Å²) in [7, 11) is -3.71. The second kappa shape index (κ2) is 9.15. The van der Waals surface area contributed by atoms with Gasteiger partial charge in [0.05, 0.1) is 4.90 Å². The molecular formula is C20H23N3O5S. The highest BCUT2D eigenvalue weighted by molar-refractivity contribution is 7.89. The lowest BCUT2D eigenvalue weighted by Gasteiger charge is -2.13. The molecule has 1 fully saturated rings. The summed E-state index contributed by atoms with van der Waals surface area (Å²) in [5.74, 6) is -0.654. The molecule has 1 saturated heterocycles. The summed E-state index contributed by atoms with van der Waals surface area (Å²) in [5, 5.41) is 4.43. The van der Waals surface area contributed by atoms with Gasteiger partial charge >= 0.3 is 0 Å². The molecule has 0 aromatic heterocycles. The van der Waals surface area contributed by atoms with E-state index in [2.05, 4.69) is 10.0 Å². The van der Waals surface area contributed by atoms with E-state index >= 15 is 0 Å². The molecule has 8 nitrogen and oxygen atoms in total. The van der Waals surface area contributed by atoms with Gasteiger partial charge in [0.2, 0.25) is 27.7 Å². The fraction of sp³-hybridized carbons (Fsp3) is 0.350. The number of carbonyl (C=O) groups is 3. The number of fused-ring (bicyclic) bond motifs is 1. The Morgan fingerprint density at radius 2 is 1.66 bits per heavy atom. The molecule has 0 saturated carbocycles. The van der Waals surface area contributed by atoms with Crippen LogP contribution in [0.1, 0.15) is 25.7 Å². The number of amides is 3. The van der Waals surface area contributed by atoms with Crippen molar-refractivity contribution < 1.29 is 22.8 Å². The molecule has 0 aliphatic carbocycles. The lowest BCUT2D eigenvalue weighted by atomic mass is 10.1. The number of nitrogens with zero attached hydrogens (tertiary/aromatic N) is 1. The third-order valence-corrected chi connectivity index (χ3v) is 6.17. The zero-order valence-corrected chi connectivity index (χ0v) is 16.7. The van der Waals surface area contributed by atoms with Gasteiger partial charge in [-0.1, -0.05) is 30.3 Å². The maximum atomic E-state index is 12.4. The Labute approximate surface area is 169 Å². The molecular weight excluding hydrogens is 394 g/mol. The molecule has 1 heterocycles. The van der Waals surface area contributed by atoms with Crippen molar-refractivity contribution in [2.75, 3.05) is 19.6 Å². The van der Waals surface area contributed by atoms with E-state index in [0.717, 1.165) is 10.8 Å². The molecule has 29 heavy (non-hydrogen) atoms. The summed E-state index contributed by atoms with van der Waals surface area (Å²) in [6.45, 7) is 0.573. The largest absolute Gasteiger partial charge is 0.356 e. The summed E-state index contributed by atoms with van der Waals surface area (Å²) in [6.07, 6.45) is 0.964. The number of imide groups is 1. The summed E-state index contributed by atoms with van der Waals surface area (Å²) in [6, 6.07) is 12.3. The zero-order valence-electron chi connectivity index (χ0n) is 15.9. The van der Waals surface area contributed by atoms with Crippen LogP contribution in [0.4, 0.5) is 0 Å². The van der Waals surface area contributed by atoms with Crippen LogP contribution in [0.25, 0.3) is 10.8 Å². The third kappa shape index (κ3) is 5.39. The predicted molar refractivity (Wildman–Crippen MR) is 107 cm³/mol. The number of carbonyl (C=O) groups excluding carboxylic acids is 3. The molecule has 0 radical (unpaired) electrons. The molecule has 1 aliphatic rings. The molecule has 3 amide bonds. The summed E-state index contributed by atoms with van der Waals surface area (Å²) >= 11 is 0. The molecule has 0 spiro atoms. The molecule has 154 valence electrons. The van der Waals surface area contributed by atoms with Gasteiger partial charge in [-0.05, 0) is 29.3 Å². The summed E-state index contributed by atoms with van der Waals surface area (Å²) in [4.78, 5) is 36.2. The predicted octanol–water partition coefficient (Wildman–Crippen LogP) is 1.16. The van der Waals surface area contributed by atoms with Gasteiger partial charge < -0.3 is 5.32 Å². The lowest BCUT2D eigenvalue weighted by molar-refractivity contribution is -0.138. The van der Waals surface area contributed by atoms with Crippen LogP contribution in [0.5, 0.6) is 0 Å². The third-order valence-electron chi connectivity index (χ3n) is 4.71. The number of rotatable bonds is 9. The molecule has 9 heteroatoms. The van der Waals surface area contributed by atoms with Gasteiger partial charge in [0, 0.05) is 38.9 Å². The number of nitrogens with one attached hydrogen (secondary N) is 2. The van der Waals surface area contributed by atoms with E-state index < -0.39 is 10.0 Å². The first-order valence-electron chi connectivity index (χ1n) is 9.45. The van der Waals surface area contributed by atoms with E-state index in [1.807, 2.05) is 24.3 Å². The second-order valence-corrected chi connectivity index (χ2v) is 8.57. The zero-order chi connectivity index (χ0) is 20.9. The van der Waals surface area contributed by atoms with Crippen LogP contribution in [-0.2, 0) is 24.4 Å². The van der Waals surface area contributed by atoms with E-state index in [1.165, 1.54) is 11.0 Å². The first-order valence-corrected chi connectivity index (χ1v) is 10.9. The molecule has 0 bridgehead atoms. The average molecular weight is 417 g/mol. The fourth-order valence-corrected chi connectivity index (χ4v) is 4.21. The van der Waals surface area contributed by atoms with Crippen LogP contribution in [0.15, 0.2) is 47.4 Å². The maximum Gasteiger partial charge on any atom is 0.240 e. The molecule has 1 aliphatic heterocycles. The molecule has 2 aromatic rings. The lowest BCUT2D eigenvalue weighted by Crippen LogP contribution is -2.34. The van der Waals surface area contributed by atoms with Crippen molar-refractivity contribution in [3.05, 3.63) is 42.5 Å². The topological polar surface area (TPSA) is 113 Å². The molecule has 0 unspecified atom stereocenters. The Bertz CT molecular complexity index is 1020. The van der Waals surface area contributed by atoms with E-state index in [0.29, 0.717) is 13.0 Å². The minimum absolute atomic E-state index is 0.00557. The van der Waals surface area contributed by atoms with Gasteiger partial charge in [0.1, 0.15) is 0 Å². The number of hydrogen-bond donors (Lipinski definition) is 2. The van der Waals surface area contributed by atoms with Crippen molar-refractivity contribution in [3.63, 3.8) is 0 Å². The van der Waals surface area contributed by atoms with Crippen molar-refractivity contribution in [1.29, 1.82) is 0 Å². The Morgan fingerprint density at radius 1 is 0.966 bits per heavy atom. The van der Waals surface area contributed by atoms with Crippen LogP contribution in [0.3, 0.4) is 0 Å². The molecule has 0 atom stereocenters. The van der Waals surface area contributed by atoms with Crippen LogP contribution in [0, 0.1) is 0 Å². The Kier molecular flexibility index (Phi) is 6.60. The van der Waals surface area contributed by atoms with Crippen LogP contribution in [0.2, 0.25) is 0 Å². The minimum Gasteiger partial charge on any atom is -0.356 e. The molecule has 3 rings (SSSR count). The van der Waals surface area contributed by atoms with Crippen LogP contribution < -0.4 is 10.0 Å². The highest BCUT2D eigenvalue weighted by atomic mass is 32.2. The van der Waals surface area contributed by atoms with Crippen LogP contribution in [-0.4, -0.2) is 50.7 Å². The Balaban J connectivity index is 1.40. The normalized spacial score (nSPS) is 14.6. The maximum absolute atomic E-state index is 12.4. The smallest absolute Gasteiger partial charge is 0.240 e. The summed E-state index contributed by atoms with van der Waals surface area (Å²) < 4.78 is 27.3. The first-order chi connectivity index (χ1) is 13.9. The van der Waals surface area contributed by atoms with Gasteiger partial charge in [-0.25, -0.2) is 13.1 Å². The van der Waals surface area contributed by atoms with E-state index in [-0.39, 0.29) is 55.0 Å². The summed E-state index contributed by atoms with van der Waals surface area (Å²) in [5.41, 5.74) is 0. The van der Waals surface area contributed by atoms with Crippen molar-refractivity contribution in [2.24, 2.45) is 0 Å². The average Bonchev–Trinajstić information content (AvgIpc) is 3.02. The molecule has 2 aromatic carbocycles. The van der Waals surface area contributed by atoms with E-state index in [1.54, 1.807) is 12.1 Å². The van der Waals surface area contributed by atoms with Gasteiger partial charge in [-0.3, -0.25) is 19.3 Å². The second-order valence-electron chi connectivity index (χ2n) is 6.80. The highest BCUT2D eigenvalue weighted by Crippen LogP contribution is 2.18. The first kappa shape index (κ1) is 20.9. The van der Waals surface area contributed by atoms with Gasteiger partial charge in [0.15, 0.2) is 0 Å². The number of likely N-dealkylation sites (tertiary alicyclic amines) is 1. The quantitative estimate of drug-likeness (QED) is 0.470. The Hall–Kier alpha value is -2.78. The monoisotopic (exact) mass is 417 g/mol. The number of hydrogen-bond acceptors (Lipinski definition) is 5. The van der Waals surface area contributed by atoms with E-state index in [4.69, 9.17) is 0 Å². The number of sulfonamides is 1. The van der Waals surface area contributed by atoms with Crippen molar-refractivity contribution in [2.45, 2.75) is 30.6 Å². The van der Waals surface area contributed by atoms with Crippen molar-refractivity contribution in [1.82, 2.24) is 14.9 Å². The van der Waals surface area contributed by atoms with Crippen LogP contribution >= 0.6 is 0 Å². The standard InChI is InChI=1S/C20H23N3O5S/c24-18(21-11-3-13-23-19(25)8-9-20(23)26)10-12-22-29(27,28)17-7-6-15-4-1-2-5-16(15)14-17/h1-2,4-7,14,22H,3,8-13H2,(H,21,24). The van der Waals surface area contributed by atoms with Gasteiger partial charge in [-0.15, -0.1) is 0 Å². The van der Waals surface area contributed by atoms with Gasteiger partial charge in [-0.2, -0.15) is 0 Å².